The van der Waals surface area contributed by atoms with Crippen molar-refractivity contribution in [1.82, 2.24) is 5.32 Å². The Morgan fingerprint density at radius 2 is 0.719 bits per heavy atom. The van der Waals surface area contributed by atoms with Gasteiger partial charge in [0.15, 0.2) is 0 Å². The Hall–Kier alpha value is -1.40. The summed E-state index contributed by atoms with van der Waals surface area (Å²) in [5, 5.41) is 23.1. The standard InChI is InChI=1S/C58H113NO5/c1-3-5-7-9-11-13-15-16-27-31-34-38-42-46-50-56(61)55(54-60)59-57(62)51-47-43-39-35-32-28-25-23-21-19-17-18-20-22-24-26-29-33-37-41-45-49-53-64-58(63)52-48-44-40-36-30-14-12-10-8-6-4-2/h46,50,55-56,60-61H,3-45,47-49,51-54H2,1-2H3,(H,59,62)/b50-46+. The molecule has 0 heterocycles. The fraction of sp³-hybridized carbons (Fsp3) is 0.931. The lowest BCUT2D eigenvalue weighted by atomic mass is 10.0. The van der Waals surface area contributed by atoms with Gasteiger partial charge in [0.2, 0.25) is 5.91 Å². The molecule has 0 spiro atoms. The van der Waals surface area contributed by atoms with Crippen LogP contribution in [0.2, 0.25) is 0 Å². The lowest BCUT2D eigenvalue weighted by Crippen LogP contribution is -2.45. The van der Waals surface area contributed by atoms with Crippen LogP contribution < -0.4 is 5.32 Å². The number of carbonyl (C=O) groups excluding carboxylic acids is 2. The van der Waals surface area contributed by atoms with E-state index in [4.69, 9.17) is 4.74 Å². The Balaban J connectivity index is 3.39. The average Bonchev–Trinajstić information content (AvgIpc) is 3.29. The fourth-order valence-electron chi connectivity index (χ4n) is 9.11. The molecule has 64 heavy (non-hydrogen) atoms. The monoisotopic (exact) mass is 904 g/mol. The smallest absolute Gasteiger partial charge is 0.305 e. The van der Waals surface area contributed by atoms with Gasteiger partial charge in [0.05, 0.1) is 25.4 Å². The van der Waals surface area contributed by atoms with Crippen LogP contribution in [0.3, 0.4) is 0 Å². The van der Waals surface area contributed by atoms with E-state index in [0.29, 0.717) is 19.4 Å². The number of aliphatic hydroxyl groups excluding tert-OH is 2. The van der Waals surface area contributed by atoms with E-state index in [1.165, 1.54) is 257 Å². The van der Waals surface area contributed by atoms with Gasteiger partial charge in [-0.25, -0.2) is 0 Å². The first-order valence-electron chi connectivity index (χ1n) is 29.0. The average molecular weight is 905 g/mol. The summed E-state index contributed by atoms with van der Waals surface area (Å²) in [6.07, 6.45) is 63.8. The second-order valence-electron chi connectivity index (χ2n) is 20.0. The Bertz CT molecular complexity index is 955. The number of rotatable bonds is 54. The minimum atomic E-state index is -0.843. The van der Waals surface area contributed by atoms with Gasteiger partial charge in [-0.05, 0) is 32.1 Å². The van der Waals surface area contributed by atoms with E-state index in [1.54, 1.807) is 6.08 Å². The molecule has 2 unspecified atom stereocenters. The molecule has 0 saturated heterocycles. The molecule has 6 nitrogen and oxygen atoms in total. The molecule has 0 fully saturated rings. The van der Waals surface area contributed by atoms with E-state index in [9.17, 15) is 19.8 Å². The van der Waals surface area contributed by atoms with E-state index < -0.39 is 12.1 Å². The van der Waals surface area contributed by atoms with Crippen LogP contribution >= 0.6 is 0 Å². The molecule has 0 saturated carbocycles. The Kier molecular flexibility index (Phi) is 53.0. The molecule has 0 aromatic heterocycles. The predicted octanol–water partition coefficient (Wildman–Crippen LogP) is 17.7. The highest BCUT2D eigenvalue weighted by atomic mass is 16.5. The van der Waals surface area contributed by atoms with Crippen LogP contribution in [-0.4, -0.2) is 47.4 Å². The van der Waals surface area contributed by atoms with E-state index in [1.807, 2.05) is 6.08 Å². The summed E-state index contributed by atoms with van der Waals surface area (Å²) in [4.78, 5) is 24.4. The van der Waals surface area contributed by atoms with Gasteiger partial charge in [0.25, 0.3) is 0 Å². The summed E-state index contributed by atoms with van der Waals surface area (Å²) in [5.74, 6) is -0.0540. The maximum Gasteiger partial charge on any atom is 0.305 e. The summed E-state index contributed by atoms with van der Waals surface area (Å²) in [6, 6.07) is -0.626. The van der Waals surface area contributed by atoms with Crippen molar-refractivity contribution in [1.29, 1.82) is 0 Å². The SMILES string of the molecule is CCCCCCCCCCCCCC/C=C/C(O)C(CO)NC(=O)CCCCCCCCCCCCCCCCCCCCCCCCOC(=O)CCCCCCCCCCCCC. The van der Waals surface area contributed by atoms with Crippen molar-refractivity contribution in [2.45, 2.75) is 334 Å². The Morgan fingerprint density at radius 1 is 0.422 bits per heavy atom. The van der Waals surface area contributed by atoms with Crippen LogP contribution in [-0.2, 0) is 14.3 Å². The summed E-state index contributed by atoms with van der Waals surface area (Å²) >= 11 is 0. The van der Waals surface area contributed by atoms with Gasteiger partial charge in [0, 0.05) is 12.8 Å². The molecule has 6 heteroatoms. The molecular weight excluding hydrogens is 791 g/mol. The summed E-state index contributed by atoms with van der Waals surface area (Å²) in [5.41, 5.74) is 0. The molecule has 0 aromatic rings. The molecule has 1 amide bonds. The van der Waals surface area contributed by atoms with Crippen molar-refractivity contribution >= 4 is 11.9 Å². The highest BCUT2D eigenvalue weighted by Gasteiger charge is 2.18. The number of aliphatic hydroxyl groups is 2. The third-order valence-corrected chi connectivity index (χ3v) is 13.6. The number of hydrogen-bond acceptors (Lipinski definition) is 5. The number of amides is 1. The molecule has 0 aliphatic carbocycles. The Morgan fingerprint density at radius 3 is 1.06 bits per heavy atom. The van der Waals surface area contributed by atoms with Crippen molar-refractivity contribution in [2.24, 2.45) is 0 Å². The second-order valence-corrected chi connectivity index (χ2v) is 20.0. The molecule has 380 valence electrons. The number of hydrogen-bond donors (Lipinski definition) is 3. The van der Waals surface area contributed by atoms with E-state index in [2.05, 4.69) is 19.2 Å². The van der Waals surface area contributed by atoms with Gasteiger partial charge in [-0.2, -0.15) is 0 Å². The number of carbonyl (C=O) groups is 2. The molecule has 0 bridgehead atoms. The maximum atomic E-state index is 12.4. The van der Waals surface area contributed by atoms with Crippen LogP contribution in [0.1, 0.15) is 322 Å². The van der Waals surface area contributed by atoms with Crippen LogP contribution in [0.4, 0.5) is 0 Å². The quantitative estimate of drug-likeness (QED) is 0.0321. The molecule has 0 rings (SSSR count). The highest BCUT2D eigenvalue weighted by molar-refractivity contribution is 5.76. The van der Waals surface area contributed by atoms with E-state index in [0.717, 1.165) is 38.5 Å². The largest absolute Gasteiger partial charge is 0.466 e. The zero-order chi connectivity index (χ0) is 46.5. The molecule has 2 atom stereocenters. The third-order valence-electron chi connectivity index (χ3n) is 13.6. The van der Waals surface area contributed by atoms with E-state index in [-0.39, 0.29) is 18.5 Å². The molecule has 0 aromatic carbocycles. The Labute approximate surface area is 399 Å². The van der Waals surface area contributed by atoms with Crippen LogP contribution in [0, 0.1) is 0 Å². The van der Waals surface area contributed by atoms with E-state index >= 15 is 0 Å². The van der Waals surface area contributed by atoms with Crippen molar-refractivity contribution in [2.75, 3.05) is 13.2 Å². The number of unbranched alkanes of at least 4 members (excludes halogenated alkanes) is 43. The maximum absolute atomic E-state index is 12.4. The second kappa shape index (κ2) is 54.2. The van der Waals surface area contributed by atoms with Gasteiger partial charge in [-0.15, -0.1) is 0 Å². The summed E-state index contributed by atoms with van der Waals surface area (Å²) in [6.45, 7) is 4.91. The first-order chi connectivity index (χ1) is 31.5. The van der Waals surface area contributed by atoms with Crippen molar-refractivity contribution in [3.63, 3.8) is 0 Å². The summed E-state index contributed by atoms with van der Waals surface area (Å²) < 4.78 is 5.46. The molecule has 0 radical (unpaired) electrons. The zero-order valence-electron chi connectivity index (χ0n) is 43.3. The predicted molar refractivity (Wildman–Crippen MR) is 278 cm³/mol. The van der Waals surface area contributed by atoms with Gasteiger partial charge in [-0.1, -0.05) is 289 Å². The van der Waals surface area contributed by atoms with Gasteiger partial charge in [0.1, 0.15) is 0 Å². The number of esters is 1. The zero-order valence-corrected chi connectivity index (χ0v) is 43.3. The first kappa shape index (κ1) is 62.6. The van der Waals surface area contributed by atoms with Crippen LogP contribution in [0.15, 0.2) is 12.2 Å². The normalized spacial score (nSPS) is 12.6. The third kappa shape index (κ3) is 50.0. The van der Waals surface area contributed by atoms with Crippen molar-refractivity contribution in [3.8, 4) is 0 Å². The molecular formula is C58H113NO5. The van der Waals surface area contributed by atoms with Crippen LogP contribution in [0.5, 0.6) is 0 Å². The number of allylic oxidation sites excluding steroid dienone is 1. The first-order valence-corrected chi connectivity index (χ1v) is 29.0. The van der Waals surface area contributed by atoms with Gasteiger partial charge >= 0.3 is 5.97 Å². The minimum Gasteiger partial charge on any atom is -0.466 e. The van der Waals surface area contributed by atoms with Crippen LogP contribution in [0.25, 0.3) is 0 Å². The highest BCUT2D eigenvalue weighted by Crippen LogP contribution is 2.17. The van der Waals surface area contributed by atoms with Crippen molar-refractivity contribution < 1.29 is 24.5 Å². The van der Waals surface area contributed by atoms with Gasteiger partial charge in [-0.3, -0.25) is 9.59 Å². The number of ether oxygens (including phenoxy) is 1. The topological polar surface area (TPSA) is 95.9 Å². The number of nitrogens with one attached hydrogen (secondary N) is 1. The fourth-order valence-corrected chi connectivity index (χ4v) is 9.11. The minimum absolute atomic E-state index is 0.0127. The lowest BCUT2D eigenvalue weighted by molar-refractivity contribution is -0.143. The van der Waals surface area contributed by atoms with Crippen molar-refractivity contribution in [3.05, 3.63) is 12.2 Å². The lowest BCUT2D eigenvalue weighted by Gasteiger charge is -2.20. The molecule has 0 aliphatic rings. The molecule has 3 N–H and O–H groups in total. The summed E-state index contributed by atoms with van der Waals surface area (Å²) in [7, 11) is 0. The van der Waals surface area contributed by atoms with Gasteiger partial charge < -0.3 is 20.3 Å². The molecule has 0 aliphatic heterocycles.